The summed E-state index contributed by atoms with van der Waals surface area (Å²) < 4.78 is 28.5. The van der Waals surface area contributed by atoms with Gasteiger partial charge in [0.25, 0.3) is 0 Å². The maximum atomic E-state index is 12.5. The summed E-state index contributed by atoms with van der Waals surface area (Å²) >= 11 is 0. The molecular formula is C25H29N7O2S. The number of hydrogen-bond donors (Lipinski definition) is 3. The fourth-order valence-electron chi connectivity index (χ4n) is 3.18. The summed E-state index contributed by atoms with van der Waals surface area (Å²) in [4.78, 5) is 8.99. The molecule has 182 valence electrons. The molecule has 10 heteroatoms. The van der Waals surface area contributed by atoms with Crippen molar-refractivity contribution in [1.82, 2.24) is 19.7 Å². The number of nitrogens with one attached hydrogen (secondary N) is 3. The van der Waals surface area contributed by atoms with Crippen LogP contribution < -0.4 is 15.4 Å². The smallest absolute Gasteiger partial charge is 0.237 e. The van der Waals surface area contributed by atoms with Crippen LogP contribution in [0.15, 0.2) is 67.1 Å². The molecule has 4 aromatic rings. The molecule has 35 heavy (non-hydrogen) atoms. The molecule has 2 aromatic carbocycles. The van der Waals surface area contributed by atoms with Gasteiger partial charge in [-0.2, -0.15) is 10.1 Å². The monoisotopic (exact) mass is 491 g/mol. The highest BCUT2D eigenvalue weighted by atomic mass is 32.2. The van der Waals surface area contributed by atoms with E-state index in [9.17, 15) is 8.42 Å². The fourth-order valence-corrected chi connectivity index (χ4v) is 3.92. The average molecular weight is 492 g/mol. The van der Waals surface area contributed by atoms with Gasteiger partial charge in [0.05, 0.1) is 16.6 Å². The van der Waals surface area contributed by atoms with E-state index >= 15 is 0 Å². The van der Waals surface area contributed by atoms with Gasteiger partial charge < -0.3 is 10.6 Å². The molecule has 0 aliphatic carbocycles. The zero-order chi connectivity index (χ0) is 25.2. The Morgan fingerprint density at radius 3 is 2.26 bits per heavy atom. The van der Waals surface area contributed by atoms with Gasteiger partial charge in [0, 0.05) is 41.9 Å². The minimum Gasteiger partial charge on any atom is -0.340 e. The molecule has 0 saturated heterocycles. The molecule has 0 aliphatic heterocycles. The lowest BCUT2D eigenvalue weighted by Gasteiger charge is -2.20. The predicted octanol–water partition coefficient (Wildman–Crippen LogP) is 5.21. The van der Waals surface area contributed by atoms with Crippen molar-refractivity contribution in [3.8, 4) is 11.1 Å². The number of sulfonamides is 1. The summed E-state index contributed by atoms with van der Waals surface area (Å²) in [5, 5.41) is 10.7. The number of hydrogen-bond acceptors (Lipinski definition) is 7. The summed E-state index contributed by atoms with van der Waals surface area (Å²) in [6, 6.07) is 15.0. The molecule has 0 fully saturated rings. The van der Waals surface area contributed by atoms with Crippen LogP contribution in [0.1, 0.15) is 26.3 Å². The van der Waals surface area contributed by atoms with E-state index in [2.05, 4.69) is 30.4 Å². The summed E-state index contributed by atoms with van der Waals surface area (Å²) in [6.45, 7) is 6.87. The fraction of sp³-hybridized carbons (Fsp3) is 0.240. The highest BCUT2D eigenvalue weighted by molar-refractivity contribution is 7.94. The molecule has 0 saturated carbocycles. The van der Waals surface area contributed by atoms with Crippen LogP contribution in [0.25, 0.3) is 11.1 Å². The first kappa shape index (κ1) is 24.2. The third-order valence-corrected chi connectivity index (χ3v) is 7.45. The van der Waals surface area contributed by atoms with Crippen LogP contribution in [-0.4, -0.2) is 32.9 Å². The third-order valence-electron chi connectivity index (χ3n) is 5.33. The molecule has 3 N–H and O–H groups in total. The normalized spacial score (nSPS) is 11.8. The van der Waals surface area contributed by atoms with Gasteiger partial charge in [-0.25, -0.2) is 13.4 Å². The number of nitrogens with zero attached hydrogens (tertiary/aromatic N) is 4. The molecule has 0 amide bonds. The molecule has 0 bridgehead atoms. The minimum atomic E-state index is -3.53. The van der Waals surface area contributed by atoms with Crippen LogP contribution in [0, 0.1) is 6.92 Å². The van der Waals surface area contributed by atoms with Gasteiger partial charge in [-0.15, -0.1) is 0 Å². The molecule has 0 radical (unpaired) electrons. The molecule has 2 heterocycles. The van der Waals surface area contributed by atoms with Crippen molar-refractivity contribution in [3.05, 3.63) is 72.7 Å². The summed E-state index contributed by atoms with van der Waals surface area (Å²) in [5.41, 5.74) is 4.99. The molecule has 0 aliphatic rings. The zero-order valence-electron chi connectivity index (χ0n) is 20.4. The van der Waals surface area contributed by atoms with Crippen LogP contribution in [0.3, 0.4) is 0 Å². The average Bonchev–Trinajstić information content (AvgIpc) is 3.22. The van der Waals surface area contributed by atoms with Crippen LogP contribution in [0.5, 0.6) is 0 Å². The Balaban J connectivity index is 1.49. The first-order chi connectivity index (χ1) is 16.5. The Kier molecular flexibility index (Phi) is 6.49. The summed E-state index contributed by atoms with van der Waals surface area (Å²) in [6.07, 6.45) is 5.52. The Morgan fingerprint density at radius 1 is 0.886 bits per heavy atom. The van der Waals surface area contributed by atoms with Crippen molar-refractivity contribution in [2.24, 2.45) is 7.05 Å². The first-order valence-electron chi connectivity index (χ1n) is 11.1. The van der Waals surface area contributed by atoms with E-state index in [0.29, 0.717) is 23.1 Å². The largest absolute Gasteiger partial charge is 0.340 e. The molecule has 2 aromatic heterocycles. The maximum absolute atomic E-state index is 12.5. The summed E-state index contributed by atoms with van der Waals surface area (Å²) in [7, 11) is -1.64. The molecule has 0 atom stereocenters. The highest BCUT2D eigenvalue weighted by Gasteiger charge is 2.28. The molecule has 9 nitrogen and oxygen atoms in total. The number of benzene rings is 2. The van der Waals surface area contributed by atoms with E-state index in [0.717, 1.165) is 22.4 Å². The van der Waals surface area contributed by atoms with Gasteiger partial charge >= 0.3 is 0 Å². The minimum absolute atomic E-state index is 0.441. The predicted molar refractivity (Wildman–Crippen MR) is 141 cm³/mol. The highest BCUT2D eigenvalue weighted by Crippen LogP contribution is 2.26. The first-order valence-corrected chi connectivity index (χ1v) is 12.6. The number of rotatable bonds is 7. The molecular weight excluding hydrogens is 462 g/mol. The van der Waals surface area contributed by atoms with Gasteiger partial charge in [0.1, 0.15) is 5.82 Å². The van der Waals surface area contributed by atoms with Gasteiger partial charge in [-0.05, 0) is 63.6 Å². The Labute approximate surface area is 205 Å². The van der Waals surface area contributed by atoms with E-state index in [-0.39, 0.29) is 0 Å². The Bertz CT molecular complexity index is 1440. The van der Waals surface area contributed by atoms with Crippen LogP contribution in [-0.2, 0) is 17.1 Å². The molecule has 0 unspecified atom stereocenters. The van der Waals surface area contributed by atoms with Gasteiger partial charge in [0.15, 0.2) is 0 Å². The van der Waals surface area contributed by atoms with Crippen molar-refractivity contribution in [3.63, 3.8) is 0 Å². The van der Waals surface area contributed by atoms with Crippen LogP contribution in [0.2, 0.25) is 0 Å². The third kappa shape index (κ3) is 5.78. The lowest BCUT2D eigenvalue weighted by molar-refractivity contribution is 0.566. The van der Waals surface area contributed by atoms with Crippen molar-refractivity contribution < 1.29 is 8.42 Å². The van der Waals surface area contributed by atoms with Crippen LogP contribution >= 0.6 is 0 Å². The van der Waals surface area contributed by atoms with Gasteiger partial charge in [-0.1, -0.05) is 18.2 Å². The van der Waals surface area contributed by atoms with E-state index in [1.807, 2.05) is 56.7 Å². The SMILES string of the molecule is Cc1cnc(Nc2ccc(-c3cnn(C)c3)cc2)nc1Nc1cccc(NS(=O)(=O)C(C)(C)C)c1. The van der Waals surface area contributed by atoms with E-state index in [4.69, 9.17) is 0 Å². The van der Waals surface area contributed by atoms with E-state index < -0.39 is 14.8 Å². The van der Waals surface area contributed by atoms with Gasteiger partial charge in [0.2, 0.25) is 16.0 Å². The van der Waals surface area contributed by atoms with Crippen molar-refractivity contribution in [2.75, 3.05) is 15.4 Å². The molecule has 0 spiro atoms. The van der Waals surface area contributed by atoms with Crippen molar-refractivity contribution in [2.45, 2.75) is 32.4 Å². The molecule has 4 rings (SSSR count). The zero-order valence-corrected chi connectivity index (χ0v) is 21.2. The van der Waals surface area contributed by atoms with Crippen molar-refractivity contribution >= 4 is 38.9 Å². The maximum Gasteiger partial charge on any atom is 0.237 e. The lowest BCUT2D eigenvalue weighted by Crippen LogP contribution is -2.33. The lowest BCUT2D eigenvalue weighted by atomic mass is 10.1. The number of anilines is 5. The van der Waals surface area contributed by atoms with Crippen LogP contribution in [0.4, 0.5) is 28.8 Å². The Hall–Kier alpha value is -3.92. The Morgan fingerprint density at radius 2 is 1.60 bits per heavy atom. The van der Waals surface area contributed by atoms with E-state index in [1.54, 1.807) is 49.8 Å². The number of aryl methyl sites for hydroxylation is 2. The number of aromatic nitrogens is 4. The summed E-state index contributed by atoms with van der Waals surface area (Å²) in [5.74, 6) is 1.06. The second-order valence-corrected chi connectivity index (χ2v) is 11.7. The quantitative estimate of drug-likeness (QED) is 0.325. The standard InChI is InChI=1S/C25H29N7O2S/c1-17-14-26-24(29-20-11-9-18(10-12-20)19-15-27-32(5)16-19)30-23(17)28-21-7-6-8-22(13-21)31-35(33,34)25(2,3)4/h6-16,31H,1-5H3,(H2,26,28,29,30). The van der Waals surface area contributed by atoms with Gasteiger partial charge in [-0.3, -0.25) is 9.40 Å². The van der Waals surface area contributed by atoms with E-state index in [1.165, 1.54) is 0 Å². The van der Waals surface area contributed by atoms with Crippen molar-refractivity contribution in [1.29, 1.82) is 0 Å². The second kappa shape index (κ2) is 9.38. The topological polar surface area (TPSA) is 114 Å². The second-order valence-electron chi connectivity index (χ2n) is 9.25.